The number of carboxylic acids is 1. The van der Waals surface area contributed by atoms with Crippen LogP contribution in [-0.4, -0.2) is 16.2 Å². The molecule has 0 saturated heterocycles. The zero-order chi connectivity index (χ0) is 12.2. The monoisotopic (exact) mass is 222 g/mol. The molecule has 1 aromatic rings. The zero-order valence-corrected chi connectivity index (χ0v) is 9.73. The molecule has 0 aliphatic carbocycles. The van der Waals surface area contributed by atoms with Gasteiger partial charge in [0, 0.05) is 6.42 Å². The maximum Gasteiger partial charge on any atom is 0.303 e. The van der Waals surface area contributed by atoms with E-state index >= 15 is 0 Å². The summed E-state index contributed by atoms with van der Waals surface area (Å²) in [5.74, 6) is -0.490. The predicted molar refractivity (Wildman–Crippen MR) is 62.6 cm³/mol. The summed E-state index contributed by atoms with van der Waals surface area (Å²) in [7, 11) is 0. The predicted octanol–water partition coefficient (Wildman–Crippen LogP) is 2.92. The van der Waals surface area contributed by atoms with Crippen LogP contribution in [0.5, 0.6) is 5.75 Å². The molecule has 1 aromatic carbocycles. The van der Waals surface area contributed by atoms with E-state index in [2.05, 4.69) is 0 Å². The Kier molecular flexibility index (Phi) is 3.93. The molecule has 0 aromatic heterocycles. The summed E-state index contributed by atoms with van der Waals surface area (Å²) in [5, 5.41) is 18.3. The van der Waals surface area contributed by atoms with Crippen molar-refractivity contribution in [2.75, 3.05) is 0 Å². The van der Waals surface area contributed by atoms with Crippen molar-refractivity contribution in [2.24, 2.45) is 0 Å². The van der Waals surface area contributed by atoms with Gasteiger partial charge in [0.1, 0.15) is 5.75 Å². The standard InChI is InChI=1S/C13H18O3/c1-13(2,9-5-8-12(15)16)10-6-3-4-7-11(10)14/h3-4,6-7,14H,5,8-9H2,1-2H3,(H,15,16). The van der Waals surface area contributed by atoms with Crippen molar-refractivity contribution in [1.29, 1.82) is 0 Å². The average Bonchev–Trinajstić information content (AvgIpc) is 2.17. The normalized spacial score (nSPS) is 11.4. The summed E-state index contributed by atoms with van der Waals surface area (Å²) < 4.78 is 0. The Hall–Kier alpha value is -1.51. The van der Waals surface area contributed by atoms with Gasteiger partial charge >= 0.3 is 5.97 Å². The third-order valence-electron chi connectivity index (χ3n) is 2.83. The Morgan fingerprint density at radius 3 is 2.50 bits per heavy atom. The number of para-hydroxylation sites is 1. The van der Waals surface area contributed by atoms with Gasteiger partial charge in [-0.2, -0.15) is 0 Å². The van der Waals surface area contributed by atoms with E-state index < -0.39 is 5.97 Å². The van der Waals surface area contributed by atoms with Crippen LogP contribution in [0.4, 0.5) is 0 Å². The summed E-state index contributed by atoms with van der Waals surface area (Å²) in [6, 6.07) is 7.21. The lowest BCUT2D eigenvalue weighted by Crippen LogP contribution is -2.17. The number of aliphatic carboxylic acids is 1. The SMILES string of the molecule is CC(C)(CCCC(=O)O)c1ccccc1O. The van der Waals surface area contributed by atoms with Crippen LogP contribution in [0.1, 0.15) is 38.7 Å². The van der Waals surface area contributed by atoms with Gasteiger partial charge in [0.15, 0.2) is 0 Å². The summed E-state index contributed by atoms with van der Waals surface area (Å²) in [5.41, 5.74) is 0.682. The van der Waals surface area contributed by atoms with Crippen LogP contribution in [0, 0.1) is 0 Å². The van der Waals surface area contributed by atoms with Crippen LogP contribution < -0.4 is 0 Å². The Labute approximate surface area is 95.7 Å². The lowest BCUT2D eigenvalue weighted by molar-refractivity contribution is -0.137. The Bertz CT molecular complexity index is 369. The molecule has 0 radical (unpaired) electrons. The fourth-order valence-corrected chi connectivity index (χ4v) is 1.86. The van der Waals surface area contributed by atoms with E-state index in [4.69, 9.17) is 5.11 Å². The first kappa shape index (κ1) is 12.6. The number of carboxylic acid groups (broad SMARTS) is 1. The molecule has 0 aliphatic rings. The highest BCUT2D eigenvalue weighted by Crippen LogP contribution is 2.34. The Balaban J connectivity index is 2.70. The molecule has 1 rings (SSSR count). The molecule has 0 bridgehead atoms. The van der Waals surface area contributed by atoms with Gasteiger partial charge in [0.25, 0.3) is 0 Å². The van der Waals surface area contributed by atoms with E-state index in [1.807, 2.05) is 26.0 Å². The van der Waals surface area contributed by atoms with Gasteiger partial charge < -0.3 is 10.2 Å². The van der Waals surface area contributed by atoms with Crippen LogP contribution in [-0.2, 0) is 10.2 Å². The molecule has 3 nitrogen and oxygen atoms in total. The van der Waals surface area contributed by atoms with Crippen molar-refractivity contribution < 1.29 is 15.0 Å². The average molecular weight is 222 g/mol. The fraction of sp³-hybridized carbons (Fsp3) is 0.462. The summed E-state index contributed by atoms with van der Waals surface area (Å²) in [4.78, 5) is 10.4. The minimum Gasteiger partial charge on any atom is -0.508 e. The van der Waals surface area contributed by atoms with E-state index in [0.717, 1.165) is 12.0 Å². The van der Waals surface area contributed by atoms with Gasteiger partial charge in [0.2, 0.25) is 0 Å². The van der Waals surface area contributed by atoms with E-state index in [-0.39, 0.29) is 17.6 Å². The van der Waals surface area contributed by atoms with Gasteiger partial charge in [-0.25, -0.2) is 0 Å². The second-order valence-electron chi connectivity index (χ2n) is 4.65. The lowest BCUT2D eigenvalue weighted by atomic mass is 9.79. The molecule has 0 atom stereocenters. The third kappa shape index (κ3) is 3.26. The first-order valence-electron chi connectivity index (χ1n) is 5.44. The first-order chi connectivity index (χ1) is 7.43. The second kappa shape index (κ2) is 5.01. The number of rotatable bonds is 5. The van der Waals surface area contributed by atoms with Crippen LogP contribution in [0.2, 0.25) is 0 Å². The van der Waals surface area contributed by atoms with E-state index in [1.165, 1.54) is 0 Å². The highest BCUT2D eigenvalue weighted by atomic mass is 16.4. The number of aromatic hydroxyl groups is 1. The molecule has 88 valence electrons. The molecule has 0 fully saturated rings. The highest BCUT2D eigenvalue weighted by Gasteiger charge is 2.23. The van der Waals surface area contributed by atoms with E-state index in [1.54, 1.807) is 12.1 Å². The highest BCUT2D eigenvalue weighted by molar-refractivity contribution is 5.66. The maximum atomic E-state index is 10.4. The molecular weight excluding hydrogens is 204 g/mol. The minimum atomic E-state index is -0.770. The Morgan fingerprint density at radius 2 is 1.94 bits per heavy atom. The second-order valence-corrected chi connectivity index (χ2v) is 4.65. The fourth-order valence-electron chi connectivity index (χ4n) is 1.86. The summed E-state index contributed by atoms with van der Waals surface area (Å²) in [6.45, 7) is 4.04. The zero-order valence-electron chi connectivity index (χ0n) is 9.73. The molecule has 2 N–H and O–H groups in total. The van der Waals surface area contributed by atoms with Gasteiger partial charge in [-0.3, -0.25) is 4.79 Å². The first-order valence-corrected chi connectivity index (χ1v) is 5.44. The smallest absolute Gasteiger partial charge is 0.303 e. The number of hydrogen-bond donors (Lipinski definition) is 2. The van der Waals surface area contributed by atoms with Crippen LogP contribution >= 0.6 is 0 Å². The molecule has 0 unspecified atom stereocenters. The molecule has 0 aliphatic heterocycles. The quantitative estimate of drug-likeness (QED) is 0.805. The number of benzene rings is 1. The maximum absolute atomic E-state index is 10.4. The van der Waals surface area contributed by atoms with Gasteiger partial charge in [0.05, 0.1) is 0 Å². The molecular formula is C13H18O3. The number of phenols is 1. The minimum absolute atomic E-state index is 0.178. The van der Waals surface area contributed by atoms with E-state index in [9.17, 15) is 9.90 Å². The van der Waals surface area contributed by atoms with Crippen LogP contribution in [0.3, 0.4) is 0 Å². The van der Waals surface area contributed by atoms with Gasteiger partial charge in [-0.1, -0.05) is 32.0 Å². The molecule has 3 heteroatoms. The molecule has 0 heterocycles. The van der Waals surface area contributed by atoms with Crippen molar-refractivity contribution in [3.8, 4) is 5.75 Å². The van der Waals surface area contributed by atoms with Crippen molar-refractivity contribution in [1.82, 2.24) is 0 Å². The van der Waals surface area contributed by atoms with Gasteiger partial charge in [-0.05, 0) is 29.9 Å². The molecule has 0 saturated carbocycles. The van der Waals surface area contributed by atoms with E-state index in [0.29, 0.717) is 6.42 Å². The van der Waals surface area contributed by atoms with Gasteiger partial charge in [-0.15, -0.1) is 0 Å². The molecule has 0 spiro atoms. The van der Waals surface area contributed by atoms with Crippen molar-refractivity contribution >= 4 is 5.97 Å². The van der Waals surface area contributed by atoms with Crippen molar-refractivity contribution in [3.63, 3.8) is 0 Å². The van der Waals surface area contributed by atoms with Crippen molar-refractivity contribution in [2.45, 2.75) is 38.5 Å². The largest absolute Gasteiger partial charge is 0.508 e. The summed E-state index contributed by atoms with van der Waals surface area (Å²) >= 11 is 0. The number of hydrogen-bond acceptors (Lipinski definition) is 2. The van der Waals surface area contributed by atoms with Crippen LogP contribution in [0.15, 0.2) is 24.3 Å². The lowest BCUT2D eigenvalue weighted by Gasteiger charge is -2.25. The third-order valence-corrected chi connectivity index (χ3v) is 2.83. The molecule has 16 heavy (non-hydrogen) atoms. The van der Waals surface area contributed by atoms with Crippen LogP contribution in [0.25, 0.3) is 0 Å². The summed E-state index contributed by atoms with van der Waals surface area (Å²) in [6.07, 6.45) is 1.55. The topological polar surface area (TPSA) is 57.5 Å². The molecule has 0 amide bonds. The Morgan fingerprint density at radius 1 is 1.31 bits per heavy atom. The van der Waals surface area contributed by atoms with Crippen molar-refractivity contribution in [3.05, 3.63) is 29.8 Å². The number of phenolic OH excluding ortho intramolecular Hbond substituents is 1. The number of carbonyl (C=O) groups is 1.